The quantitative estimate of drug-likeness (QED) is 0.757. The molecule has 0 bridgehead atoms. The molecule has 2 N–H and O–H groups in total. The first kappa shape index (κ1) is 8.81. The third-order valence-electron chi connectivity index (χ3n) is 2.10. The highest BCUT2D eigenvalue weighted by molar-refractivity contribution is 5.18. The van der Waals surface area contributed by atoms with Crippen molar-refractivity contribution in [2.75, 3.05) is 6.54 Å². The van der Waals surface area contributed by atoms with E-state index >= 15 is 0 Å². The van der Waals surface area contributed by atoms with Gasteiger partial charge in [-0.05, 0) is 30.0 Å². The molecule has 0 unspecified atom stereocenters. The van der Waals surface area contributed by atoms with E-state index in [1.165, 1.54) is 5.56 Å². The Balaban J connectivity index is 2.00. The third-order valence-corrected chi connectivity index (χ3v) is 2.10. The summed E-state index contributed by atoms with van der Waals surface area (Å²) in [5.41, 5.74) is 7.83. The van der Waals surface area contributed by atoms with Crippen molar-refractivity contribution in [1.29, 1.82) is 0 Å². The fourth-order valence-corrected chi connectivity index (χ4v) is 1.46. The first-order valence-corrected chi connectivity index (χ1v) is 4.60. The van der Waals surface area contributed by atoms with E-state index in [9.17, 15) is 0 Å². The molecule has 2 heterocycles. The molecule has 1 aliphatic rings. The van der Waals surface area contributed by atoms with E-state index < -0.39 is 0 Å². The van der Waals surface area contributed by atoms with Gasteiger partial charge in [-0.1, -0.05) is 6.07 Å². The van der Waals surface area contributed by atoms with Crippen molar-refractivity contribution >= 4 is 0 Å². The first-order chi connectivity index (χ1) is 6.84. The molecule has 3 nitrogen and oxygen atoms in total. The molecule has 2 rings (SSSR count). The van der Waals surface area contributed by atoms with Crippen molar-refractivity contribution in [3.63, 3.8) is 0 Å². The zero-order valence-electron chi connectivity index (χ0n) is 7.93. The second-order valence-corrected chi connectivity index (χ2v) is 3.35. The van der Waals surface area contributed by atoms with Crippen molar-refractivity contribution < 1.29 is 0 Å². The molecule has 0 aliphatic carbocycles. The Morgan fingerprint density at radius 3 is 3.14 bits per heavy atom. The number of rotatable bonds is 2. The minimum absolute atomic E-state index is 0.797. The molecule has 1 aromatic rings. The highest BCUT2D eigenvalue weighted by Gasteiger charge is 2.04. The lowest BCUT2D eigenvalue weighted by Gasteiger charge is -2.22. The maximum atomic E-state index is 5.73. The van der Waals surface area contributed by atoms with Crippen LogP contribution in [0.2, 0.25) is 0 Å². The van der Waals surface area contributed by atoms with Crippen LogP contribution in [0, 0.1) is 0 Å². The molecule has 14 heavy (non-hydrogen) atoms. The van der Waals surface area contributed by atoms with E-state index in [0.717, 1.165) is 18.8 Å². The van der Waals surface area contributed by atoms with Crippen molar-refractivity contribution in [2.45, 2.75) is 6.54 Å². The largest absolute Gasteiger partial charge is 0.401 e. The molecule has 0 spiro atoms. The lowest BCUT2D eigenvalue weighted by atomic mass is 10.2. The molecule has 0 saturated carbocycles. The van der Waals surface area contributed by atoms with E-state index in [0.29, 0.717) is 0 Å². The Kier molecular flexibility index (Phi) is 2.49. The maximum Gasteiger partial charge on any atom is 0.0572 e. The van der Waals surface area contributed by atoms with Gasteiger partial charge in [0.05, 0.1) is 6.54 Å². The normalized spacial score (nSPS) is 15.4. The minimum atomic E-state index is 0.797. The summed E-state index contributed by atoms with van der Waals surface area (Å²) in [6, 6.07) is 4.01. The summed E-state index contributed by atoms with van der Waals surface area (Å²) in [6.45, 7) is 1.66. The van der Waals surface area contributed by atoms with Gasteiger partial charge in [0.2, 0.25) is 0 Å². The van der Waals surface area contributed by atoms with Crippen LogP contribution in [0.1, 0.15) is 5.56 Å². The smallest absolute Gasteiger partial charge is 0.0572 e. The number of hydrogen-bond donors (Lipinski definition) is 1. The molecule has 1 aromatic heterocycles. The van der Waals surface area contributed by atoms with E-state index in [1.54, 1.807) is 6.20 Å². The summed E-state index contributed by atoms with van der Waals surface area (Å²) >= 11 is 0. The lowest BCUT2D eigenvalue weighted by Crippen LogP contribution is -2.24. The predicted octanol–water partition coefficient (Wildman–Crippen LogP) is 1.25. The Hall–Kier alpha value is -1.77. The fourth-order valence-electron chi connectivity index (χ4n) is 1.46. The first-order valence-electron chi connectivity index (χ1n) is 4.60. The molecular weight excluding hydrogens is 174 g/mol. The van der Waals surface area contributed by atoms with Gasteiger partial charge in [0.25, 0.3) is 0 Å². The van der Waals surface area contributed by atoms with E-state index in [-0.39, 0.29) is 0 Å². The van der Waals surface area contributed by atoms with Gasteiger partial charge in [-0.3, -0.25) is 4.98 Å². The fraction of sp³-hybridized carbons (Fsp3) is 0.182. The SMILES string of the molecule is NC1=CC=CN(Cc2cccnc2)C1. The van der Waals surface area contributed by atoms with Crippen molar-refractivity contribution in [3.05, 3.63) is 54.1 Å². The zero-order chi connectivity index (χ0) is 9.80. The topological polar surface area (TPSA) is 42.1 Å². The summed E-state index contributed by atoms with van der Waals surface area (Å²) < 4.78 is 0. The predicted molar refractivity (Wildman–Crippen MR) is 56.1 cm³/mol. The van der Waals surface area contributed by atoms with Gasteiger partial charge in [0, 0.05) is 24.6 Å². The second-order valence-electron chi connectivity index (χ2n) is 3.35. The molecule has 0 fully saturated rings. The van der Waals surface area contributed by atoms with Crippen LogP contribution in [-0.4, -0.2) is 16.4 Å². The van der Waals surface area contributed by atoms with E-state index in [4.69, 9.17) is 5.73 Å². The van der Waals surface area contributed by atoms with E-state index in [2.05, 4.69) is 16.0 Å². The summed E-state index contributed by atoms with van der Waals surface area (Å²) in [7, 11) is 0. The second kappa shape index (κ2) is 3.96. The Labute approximate surface area is 83.6 Å². The molecule has 0 aromatic carbocycles. The molecule has 0 saturated heterocycles. The molecular formula is C11H13N3. The third kappa shape index (κ3) is 2.13. The lowest BCUT2D eigenvalue weighted by molar-refractivity contribution is 0.393. The van der Waals surface area contributed by atoms with E-state index in [1.807, 2.05) is 30.6 Å². The highest BCUT2D eigenvalue weighted by Crippen LogP contribution is 2.08. The molecule has 1 aliphatic heterocycles. The number of nitrogens with two attached hydrogens (primary N) is 1. The van der Waals surface area contributed by atoms with Gasteiger partial charge in [-0.2, -0.15) is 0 Å². The standard InChI is InChI=1S/C11H13N3/c12-11-4-2-6-14(9-11)8-10-3-1-5-13-7-10/h1-7H,8-9,12H2. The van der Waals surface area contributed by atoms with Crippen molar-refractivity contribution in [1.82, 2.24) is 9.88 Å². The van der Waals surface area contributed by atoms with Crippen LogP contribution in [0.5, 0.6) is 0 Å². The maximum absolute atomic E-state index is 5.73. The summed E-state index contributed by atoms with van der Waals surface area (Å²) in [5, 5.41) is 0. The van der Waals surface area contributed by atoms with Gasteiger partial charge in [0.1, 0.15) is 0 Å². The van der Waals surface area contributed by atoms with Crippen LogP contribution < -0.4 is 5.73 Å². The summed E-state index contributed by atoms with van der Waals surface area (Å²) in [4.78, 5) is 6.23. The number of allylic oxidation sites excluding steroid dienone is 2. The summed E-state index contributed by atoms with van der Waals surface area (Å²) in [5.74, 6) is 0. The molecule has 0 radical (unpaired) electrons. The number of aromatic nitrogens is 1. The molecule has 0 amide bonds. The average molecular weight is 187 g/mol. The highest BCUT2D eigenvalue weighted by atomic mass is 15.1. The van der Waals surface area contributed by atoms with Crippen molar-refractivity contribution in [2.24, 2.45) is 5.73 Å². The van der Waals surface area contributed by atoms with Crippen LogP contribution in [0.4, 0.5) is 0 Å². The summed E-state index contributed by atoms with van der Waals surface area (Å²) in [6.07, 6.45) is 9.60. The van der Waals surface area contributed by atoms with Gasteiger partial charge in [-0.15, -0.1) is 0 Å². The molecule has 72 valence electrons. The van der Waals surface area contributed by atoms with Crippen molar-refractivity contribution in [3.8, 4) is 0 Å². The monoisotopic (exact) mass is 187 g/mol. The van der Waals surface area contributed by atoms with Gasteiger partial charge in [-0.25, -0.2) is 0 Å². The number of hydrogen-bond acceptors (Lipinski definition) is 3. The van der Waals surface area contributed by atoms with Crippen LogP contribution in [-0.2, 0) is 6.54 Å². The Morgan fingerprint density at radius 2 is 2.43 bits per heavy atom. The molecule has 3 heteroatoms. The van der Waals surface area contributed by atoms with Crippen LogP contribution in [0.3, 0.4) is 0 Å². The molecule has 0 atom stereocenters. The van der Waals surface area contributed by atoms with Crippen LogP contribution >= 0.6 is 0 Å². The van der Waals surface area contributed by atoms with Gasteiger partial charge < -0.3 is 10.6 Å². The van der Waals surface area contributed by atoms with Gasteiger partial charge in [0.15, 0.2) is 0 Å². The minimum Gasteiger partial charge on any atom is -0.401 e. The zero-order valence-corrected chi connectivity index (χ0v) is 7.93. The Bertz CT molecular complexity index is 354. The van der Waals surface area contributed by atoms with Crippen LogP contribution in [0.15, 0.2) is 48.6 Å². The number of nitrogens with zero attached hydrogens (tertiary/aromatic N) is 2. The Morgan fingerprint density at radius 1 is 1.50 bits per heavy atom. The van der Waals surface area contributed by atoms with Crippen LogP contribution in [0.25, 0.3) is 0 Å². The average Bonchev–Trinajstić information content (AvgIpc) is 2.19. The van der Waals surface area contributed by atoms with Gasteiger partial charge >= 0.3 is 0 Å². The number of pyridine rings is 1.